The standard InChI is InChI=1S/C17H38NO.C7H6O2.ClH/c1-4-7-10-13-18(16-17-19,14-11-8-5-2)15-12-9-6-3;8-7(9)6-4-2-1-3-5-6;/h19H,4-17H2,1-3H3;1-5H,(H,8,9);1H/q+1;;/p-2. The zero-order valence-corrected chi connectivity index (χ0v) is 19.6. The Morgan fingerprint density at radius 3 is 1.48 bits per heavy atom. The first-order chi connectivity index (χ1) is 13.5. The smallest absolute Gasteiger partial charge is 0.102 e. The van der Waals surface area contributed by atoms with E-state index in [0.29, 0.717) is 6.61 Å². The van der Waals surface area contributed by atoms with Crippen LogP contribution in [0.2, 0.25) is 0 Å². The van der Waals surface area contributed by atoms with Crippen molar-refractivity contribution in [2.45, 2.75) is 78.6 Å². The lowest BCUT2D eigenvalue weighted by molar-refractivity contribution is -0.929. The van der Waals surface area contributed by atoms with Crippen molar-refractivity contribution in [2.24, 2.45) is 0 Å². The summed E-state index contributed by atoms with van der Waals surface area (Å²) in [6.45, 7) is 12.0. The summed E-state index contributed by atoms with van der Waals surface area (Å²) in [7, 11) is 0. The summed E-state index contributed by atoms with van der Waals surface area (Å²) in [6.07, 6.45) is 11.9. The number of aliphatic hydroxyl groups is 1. The van der Waals surface area contributed by atoms with Gasteiger partial charge in [0.25, 0.3) is 0 Å². The number of halogens is 1. The van der Waals surface area contributed by atoms with Crippen molar-refractivity contribution in [3.05, 3.63) is 35.9 Å². The molecule has 0 fully saturated rings. The number of hydrogen-bond acceptors (Lipinski definition) is 3. The molecule has 29 heavy (non-hydrogen) atoms. The Kier molecular flexibility index (Phi) is 20.9. The van der Waals surface area contributed by atoms with Crippen molar-refractivity contribution < 1.29 is 31.9 Å². The molecule has 4 nitrogen and oxygen atoms in total. The van der Waals surface area contributed by atoms with Crippen LogP contribution >= 0.6 is 0 Å². The lowest BCUT2D eigenvalue weighted by Crippen LogP contribution is -3.00. The van der Waals surface area contributed by atoms with Crippen molar-refractivity contribution >= 4 is 5.97 Å². The van der Waals surface area contributed by atoms with Gasteiger partial charge < -0.3 is 31.9 Å². The summed E-state index contributed by atoms with van der Waals surface area (Å²) >= 11 is 0. The van der Waals surface area contributed by atoms with Crippen LogP contribution in [0.4, 0.5) is 0 Å². The molecule has 0 amide bonds. The minimum atomic E-state index is -1.13. The van der Waals surface area contributed by atoms with E-state index in [2.05, 4.69) is 20.8 Å². The highest BCUT2D eigenvalue weighted by atomic mass is 35.5. The Bertz CT molecular complexity index is 456. The van der Waals surface area contributed by atoms with Crippen LogP contribution in [0.1, 0.15) is 88.9 Å². The zero-order chi connectivity index (χ0) is 21.1. The maximum atomic E-state index is 10.1. The zero-order valence-electron chi connectivity index (χ0n) is 18.9. The molecule has 0 spiro atoms. The average molecular weight is 429 g/mol. The van der Waals surface area contributed by atoms with E-state index < -0.39 is 5.97 Å². The fraction of sp³-hybridized carbons (Fsp3) is 0.708. The van der Waals surface area contributed by atoms with Crippen molar-refractivity contribution in [2.75, 3.05) is 32.8 Å². The van der Waals surface area contributed by atoms with E-state index in [9.17, 15) is 15.0 Å². The molecular formula is C24H43ClNO3-. The van der Waals surface area contributed by atoms with E-state index in [4.69, 9.17) is 0 Å². The molecular weight excluding hydrogens is 386 g/mol. The summed E-state index contributed by atoms with van der Waals surface area (Å²) in [5.41, 5.74) is 0.220. The van der Waals surface area contributed by atoms with E-state index >= 15 is 0 Å². The van der Waals surface area contributed by atoms with Crippen LogP contribution in [-0.2, 0) is 0 Å². The lowest BCUT2D eigenvalue weighted by atomic mass is 10.1. The maximum absolute atomic E-state index is 10.1. The number of rotatable bonds is 15. The van der Waals surface area contributed by atoms with E-state index in [1.165, 1.54) is 94.0 Å². The number of aromatic carboxylic acids is 1. The van der Waals surface area contributed by atoms with Crippen molar-refractivity contribution in [3.8, 4) is 0 Å². The average Bonchev–Trinajstić information content (AvgIpc) is 2.70. The van der Waals surface area contributed by atoms with E-state index in [-0.39, 0.29) is 18.0 Å². The SMILES string of the molecule is CCCCC[N+](CCO)(CCCCC)CCCCC.O=C([O-])c1ccccc1.[Cl-]. The second-order valence-corrected chi connectivity index (χ2v) is 7.73. The molecule has 0 unspecified atom stereocenters. The molecule has 1 aromatic carbocycles. The highest BCUT2D eigenvalue weighted by Crippen LogP contribution is 2.16. The number of carbonyl (C=O) groups is 1. The van der Waals surface area contributed by atoms with Crippen molar-refractivity contribution in [1.82, 2.24) is 0 Å². The van der Waals surface area contributed by atoms with Gasteiger partial charge in [0.05, 0.1) is 32.2 Å². The number of carbonyl (C=O) groups excluding carboxylic acids is 1. The number of quaternary nitrogens is 1. The van der Waals surface area contributed by atoms with E-state index in [1.54, 1.807) is 18.2 Å². The van der Waals surface area contributed by atoms with Crippen LogP contribution < -0.4 is 17.5 Å². The van der Waals surface area contributed by atoms with Crippen molar-refractivity contribution in [3.63, 3.8) is 0 Å². The van der Waals surface area contributed by atoms with Gasteiger partial charge in [-0.2, -0.15) is 0 Å². The quantitative estimate of drug-likeness (QED) is 0.339. The molecule has 0 radical (unpaired) electrons. The highest BCUT2D eigenvalue weighted by molar-refractivity contribution is 5.85. The Morgan fingerprint density at radius 2 is 1.21 bits per heavy atom. The number of unbranched alkanes of at least 4 members (excludes halogenated alkanes) is 6. The molecule has 1 aromatic rings. The Morgan fingerprint density at radius 1 is 0.793 bits per heavy atom. The largest absolute Gasteiger partial charge is 1.00 e. The highest BCUT2D eigenvalue weighted by Gasteiger charge is 2.25. The molecule has 0 aliphatic rings. The number of benzene rings is 1. The van der Waals surface area contributed by atoms with Gasteiger partial charge in [0.1, 0.15) is 6.54 Å². The molecule has 0 heterocycles. The molecule has 170 valence electrons. The normalized spacial score (nSPS) is 10.6. The summed E-state index contributed by atoms with van der Waals surface area (Å²) in [5.74, 6) is -1.13. The number of aliphatic hydroxyl groups excluding tert-OH is 1. The Hall–Kier alpha value is -1.10. The maximum Gasteiger partial charge on any atom is 0.102 e. The summed E-state index contributed by atoms with van der Waals surface area (Å²) in [6, 6.07) is 8.06. The van der Waals surface area contributed by atoms with Crippen LogP contribution in [-0.4, -0.2) is 48.3 Å². The van der Waals surface area contributed by atoms with Gasteiger partial charge in [-0.3, -0.25) is 0 Å². The molecule has 0 aromatic heterocycles. The van der Waals surface area contributed by atoms with E-state index in [1.807, 2.05) is 0 Å². The molecule has 1 N–H and O–H groups in total. The second-order valence-electron chi connectivity index (χ2n) is 7.73. The van der Waals surface area contributed by atoms with Gasteiger partial charge in [0.2, 0.25) is 0 Å². The fourth-order valence-electron chi connectivity index (χ4n) is 3.55. The van der Waals surface area contributed by atoms with Crippen LogP contribution in [0.15, 0.2) is 30.3 Å². The Balaban J connectivity index is 0. The first-order valence-electron chi connectivity index (χ1n) is 11.3. The van der Waals surface area contributed by atoms with Gasteiger partial charge in [-0.1, -0.05) is 70.4 Å². The van der Waals surface area contributed by atoms with Gasteiger partial charge >= 0.3 is 0 Å². The van der Waals surface area contributed by atoms with Gasteiger partial charge in [0, 0.05) is 0 Å². The Labute approximate surface area is 185 Å². The molecule has 0 atom stereocenters. The number of hydrogen-bond donors (Lipinski definition) is 1. The number of carboxylic acids is 1. The third-order valence-corrected chi connectivity index (χ3v) is 5.29. The molecule has 0 aliphatic heterocycles. The van der Waals surface area contributed by atoms with Crippen LogP contribution in [0.5, 0.6) is 0 Å². The monoisotopic (exact) mass is 428 g/mol. The first-order valence-corrected chi connectivity index (χ1v) is 11.3. The third kappa shape index (κ3) is 15.4. The number of nitrogens with zero attached hydrogens (tertiary/aromatic N) is 1. The molecule has 0 saturated heterocycles. The molecule has 5 heteroatoms. The van der Waals surface area contributed by atoms with Crippen LogP contribution in [0, 0.1) is 0 Å². The van der Waals surface area contributed by atoms with Crippen LogP contribution in [0.3, 0.4) is 0 Å². The van der Waals surface area contributed by atoms with Gasteiger partial charge in [-0.25, -0.2) is 0 Å². The van der Waals surface area contributed by atoms with Gasteiger partial charge in [-0.15, -0.1) is 0 Å². The summed E-state index contributed by atoms with van der Waals surface area (Å²) < 4.78 is 1.18. The second kappa shape index (κ2) is 20.2. The minimum Gasteiger partial charge on any atom is -1.00 e. The lowest BCUT2D eigenvalue weighted by Gasteiger charge is -2.39. The predicted octanol–water partition coefficient (Wildman–Crippen LogP) is 1.42. The van der Waals surface area contributed by atoms with E-state index in [0.717, 1.165) is 6.54 Å². The summed E-state index contributed by atoms with van der Waals surface area (Å²) in [5, 5.41) is 19.5. The molecule has 0 saturated carbocycles. The first kappa shape index (κ1) is 30.1. The topological polar surface area (TPSA) is 60.4 Å². The fourth-order valence-corrected chi connectivity index (χ4v) is 3.55. The molecule has 0 bridgehead atoms. The molecule has 1 rings (SSSR count). The number of carboxylic acid groups (broad SMARTS) is 1. The minimum absolute atomic E-state index is 0. The van der Waals surface area contributed by atoms with Crippen molar-refractivity contribution in [1.29, 1.82) is 0 Å². The molecule has 0 aliphatic carbocycles. The summed E-state index contributed by atoms with van der Waals surface area (Å²) in [4.78, 5) is 10.1. The predicted molar refractivity (Wildman–Crippen MR) is 116 cm³/mol. The van der Waals surface area contributed by atoms with Crippen LogP contribution in [0.25, 0.3) is 0 Å². The van der Waals surface area contributed by atoms with Gasteiger partial charge in [-0.05, 0) is 44.1 Å². The van der Waals surface area contributed by atoms with Gasteiger partial charge in [0.15, 0.2) is 0 Å². The third-order valence-electron chi connectivity index (χ3n) is 5.29.